The second-order valence-electron chi connectivity index (χ2n) is 5.62. The van der Waals surface area contributed by atoms with Crippen LogP contribution in [0.3, 0.4) is 0 Å². The van der Waals surface area contributed by atoms with E-state index in [-0.39, 0.29) is 24.2 Å². The fourth-order valence-electron chi connectivity index (χ4n) is 2.78. The van der Waals surface area contributed by atoms with Crippen molar-refractivity contribution in [1.29, 1.82) is 0 Å². The van der Waals surface area contributed by atoms with Gasteiger partial charge in [0.2, 0.25) is 5.91 Å². The van der Waals surface area contributed by atoms with Crippen molar-refractivity contribution in [3.8, 4) is 11.5 Å². The number of primary amides is 1. The maximum atomic E-state index is 13.2. The van der Waals surface area contributed by atoms with Crippen molar-refractivity contribution in [1.82, 2.24) is 0 Å². The second-order valence-corrected chi connectivity index (χ2v) is 5.62. The molecule has 4 nitrogen and oxygen atoms in total. The van der Waals surface area contributed by atoms with E-state index in [1.54, 1.807) is 12.1 Å². The fraction of sp³-hybridized carbons (Fsp3) is 0.278. The van der Waals surface area contributed by atoms with Crippen LogP contribution < -0.4 is 15.2 Å². The predicted molar refractivity (Wildman–Crippen MR) is 83.8 cm³/mol. The average molecular weight is 315 g/mol. The molecule has 1 amide bonds. The number of hydrogen-bond donors (Lipinski definition) is 1. The number of ether oxygens (including phenoxy) is 2. The SMILES string of the molecule is NC(=O)CC1CCOc2cc(OCc3cccc(F)c3)ccc21. The Hall–Kier alpha value is -2.56. The summed E-state index contributed by atoms with van der Waals surface area (Å²) in [7, 11) is 0. The zero-order chi connectivity index (χ0) is 16.2. The summed E-state index contributed by atoms with van der Waals surface area (Å²) in [6.07, 6.45) is 1.10. The molecule has 3 rings (SSSR count). The van der Waals surface area contributed by atoms with Crippen molar-refractivity contribution < 1.29 is 18.7 Å². The lowest BCUT2D eigenvalue weighted by Crippen LogP contribution is -2.20. The normalized spacial score (nSPS) is 16.3. The quantitative estimate of drug-likeness (QED) is 0.922. The first kappa shape index (κ1) is 15.3. The van der Waals surface area contributed by atoms with Gasteiger partial charge < -0.3 is 15.2 Å². The minimum absolute atomic E-state index is 0.0912. The molecule has 0 fully saturated rings. The van der Waals surface area contributed by atoms with Crippen molar-refractivity contribution in [3.63, 3.8) is 0 Å². The van der Waals surface area contributed by atoms with Gasteiger partial charge in [0, 0.05) is 12.5 Å². The van der Waals surface area contributed by atoms with Crippen LogP contribution >= 0.6 is 0 Å². The van der Waals surface area contributed by atoms with Crippen LogP contribution in [0.25, 0.3) is 0 Å². The number of carbonyl (C=O) groups is 1. The Morgan fingerprint density at radius 1 is 1.30 bits per heavy atom. The molecule has 0 radical (unpaired) electrons. The first-order chi connectivity index (χ1) is 11.1. The van der Waals surface area contributed by atoms with E-state index in [0.29, 0.717) is 18.8 Å². The van der Waals surface area contributed by atoms with E-state index in [2.05, 4.69) is 0 Å². The van der Waals surface area contributed by atoms with Gasteiger partial charge in [-0.15, -0.1) is 0 Å². The topological polar surface area (TPSA) is 61.6 Å². The van der Waals surface area contributed by atoms with Crippen LogP contribution in [0.1, 0.15) is 29.9 Å². The molecule has 120 valence electrons. The molecular formula is C18H18FNO3. The molecule has 2 aromatic rings. The summed E-state index contributed by atoms with van der Waals surface area (Å²) >= 11 is 0. The lowest BCUT2D eigenvalue weighted by atomic mass is 9.90. The van der Waals surface area contributed by atoms with Gasteiger partial charge in [-0.3, -0.25) is 4.79 Å². The first-order valence-corrected chi connectivity index (χ1v) is 7.54. The summed E-state index contributed by atoms with van der Waals surface area (Å²) in [5, 5.41) is 0. The molecular weight excluding hydrogens is 297 g/mol. The highest BCUT2D eigenvalue weighted by Crippen LogP contribution is 2.37. The lowest BCUT2D eigenvalue weighted by Gasteiger charge is -2.25. The van der Waals surface area contributed by atoms with Crippen molar-refractivity contribution >= 4 is 5.91 Å². The molecule has 0 aromatic heterocycles. The molecule has 23 heavy (non-hydrogen) atoms. The van der Waals surface area contributed by atoms with Gasteiger partial charge in [0.15, 0.2) is 0 Å². The van der Waals surface area contributed by atoms with Crippen LogP contribution in [0.4, 0.5) is 4.39 Å². The number of rotatable bonds is 5. The van der Waals surface area contributed by atoms with Gasteiger partial charge >= 0.3 is 0 Å². The Morgan fingerprint density at radius 3 is 2.96 bits per heavy atom. The molecule has 1 unspecified atom stereocenters. The maximum Gasteiger partial charge on any atom is 0.218 e. The number of benzene rings is 2. The predicted octanol–water partition coefficient (Wildman–Crippen LogP) is 3.15. The van der Waals surface area contributed by atoms with Gasteiger partial charge in [-0.05, 0) is 41.7 Å². The van der Waals surface area contributed by atoms with E-state index < -0.39 is 0 Å². The smallest absolute Gasteiger partial charge is 0.218 e. The molecule has 1 heterocycles. The minimum Gasteiger partial charge on any atom is -0.493 e. The molecule has 0 aliphatic carbocycles. The maximum absolute atomic E-state index is 13.2. The Balaban J connectivity index is 1.72. The molecule has 1 aliphatic heterocycles. The molecule has 0 saturated carbocycles. The minimum atomic E-state index is -0.311. The van der Waals surface area contributed by atoms with Crippen LogP contribution in [-0.2, 0) is 11.4 Å². The Kier molecular flexibility index (Phi) is 4.46. The zero-order valence-electron chi connectivity index (χ0n) is 12.6. The summed E-state index contributed by atoms with van der Waals surface area (Å²) in [5.41, 5.74) is 7.04. The third-order valence-electron chi connectivity index (χ3n) is 3.89. The highest BCUT2D eigenvalue weighted by atomic mass is 19.1. The fourth-order valence-corrected chi connectivity index (χ4v) is 2.78. The highest BCUT2D eigenvalue weighted by molar-refractivity contribution is 5.75. The summed E-state index contributed by atoms with van der Waals surface area (Å²) in [6, 6.07) is 11.8. The zero-order valence-corrected chi connectivity index (χ0v) is 12.6. The van der Waals surface area contributed by atoms with Crippen LogP contribution in [0.5, 0.6) is 11.5 Å². The third-order valence-corrected chi connectivity index (χ3v) is 3.89. The number of nitrogens with two attached hydrogens (primary N) is 1. The van der Waals surface area contributed by atoms with Crippen molar-refractivity contribution in [2.75, 3.05) is 6.61 Å². The van der Waals surface area contributed by atoms with Crippen molar-refractivity contribution in [2.45, 2.75) is 25.4 Å². The van der Waals surface area contributed by atoms with Crippen LogP contribution in [0.2, 0.25) is 0 Å². The van der Waals surface area contributed by atoms with E-state index in [1.165, 1.54) is 12.1 Å². The van der Waals surface area contributed by atoms with Crippen LogP contribution in [0.15, 0.2) is 42.5 Å². The van der Waals surface area contributed by atoms with Gasteiger partial charge in [0.05, 0.1) is 6.61 Å². The first-order valence-electron chi connectivity index (χ1n) is 7.54. The highest BCUT2D eigenvalue weighted by Gasteiger charge is 2.23. The molecule has 1 atom stereocenters. The largest absolute Gasteiger partial charge is 0.493 e. The number of amides is 1. The van der Waals surface area contributed by atoms with E-state index in [1.807, 2.05) is 18.2 Å². The number of halogens is 1. The summed E-state index contributed by atoms with van der Waals surface area (Å²) < 4.78 is 24.5. The van der Waals surface area contributed by atoms with E-state index in [0.717, 1.165) is 23.3 Å². The van der Waals surface area contributed by atoms with Gasteiger partial charge in [-0.25, -0.2) is 4.39 Å². The molecule has 0 bridgehead atoms. The Morgan fingerprint density at radius 2 is 2.17 bits per heavy atom. The molecule has 1 aliphatic rings. The summed E-state index contributed by atoms with van der Waals surface area (Å²) in [6.45, 7) is 0.833. The number of fused-ring (bicyclic) bond motifs is 1. The van der Waals surface area contributed by atoms with Gasteiger partial charge in [0.25, 0.3) is 0 Å². The Bertz CT molecular complexity index is 717. The summed E-state index contributed by atoms with van der Waals surface area (Å²) in [5.74, 6) is 0.865. The standard InChI is InChI=1S/C18H18FNO3/c19-14-3-1-2-12(8-14)11-23-15-4-5-16-13(9-18(20)21)6-7-22-17(16)10-15/h1-5,8,10,13H,6-7,9,11H2,(H2,20,21). The summed E-state index contributed by atoms with van der Waals surface area (Å²) in [4.78, 5) is 11.2. The second kappa shape index (κ2) is 6.69. The lowest BCUT2D eigenvalue weighted by molar-refractivity contribution is -0.118. The number of hydrogen-bond acceptors (Lipinski definition) is 3. The van der Waals surface area contributed by atoms with Crippen molar-refractivity contribution in [2.24, 2.45) is 5.73 Å². The Labute approximate surface area is 134 Å². The van der Waals surface area contributed by atoms with E-state index in [4.69, 9.17) is 15.2 Å². The van der Waals surface area contributed by atoms with Crippen LogP contribution in [-0.4, -0.2) is 12.5 Å². The molecule has 0 saturated heterocycles. The molecule has 0 spiro atoms. The van der Waals surface area contributed by atoms with Gasteiger partial charge in [0.1, 0.15) is 23.9 Å². The van der Waals surface area contributed by atoms with Gasteiger partial charge in [-0.2, -0.15) is 0 Å². The molecule has 2 aromatic carbocycles. The molecule has 2 N–H and O–H groups in total. The average Bonchev–Trinajstić information content (AvgIpc) is 2.52. The van der Waals surface area contributed by atoms with Gasteiger partial charge in [-0.1, -0.05) is 18.2 Å². The van der Waals surface area contributed by atoms with Crippen LogP contribution in [0, 0.1) is 5.82 Å². The van der Waals surface area contributed by atoms with Crippen molar-refractivity contribution in [3.05, 3.63) is 59.4 Å². The number of carbonyl (C=O) groups excluding carboxylic acids is 1. The van der Waals surface area contributed by atoms with E-state index >= 15 is 0 Å². The third kappa shape index (κ3) is 3.80. The monoisotopic (exact) mass is 315 g/mol. The molecule has 5 heteroatoms. The van der Waals surface area contributed by atoms with E-state index in [9.17, 15) is 9.18 Å².